The number of aryl methyl sites for hydroxylation is 2. The minimum Gasteiger partial charge on any atom is -0.439 e. The first-order valence-corrected chi connectivity index (χ1v) is 10.4. The Balaban J connectivity index is 1.40. The van der Waals surface area contributed by atoms with E-state index in [1.807, 2.05) is 42.2 Å². The van der Waals surface area contributed by atoms with Gasteiger partial charge in [-0.25, -0.2) is 9.78 Å². The summed E-state index contributed by atoms with van der Waals surface area (Å²) in [5, 5.41) is 6.57. The van der Waals surface area contributed by atoms with E-state index in [1.165, 1.54) is 11.8 Å². The van der Waals surface area contributed by atoms with Crippen molar-refractivity contribution < 1.29 is 14.1 Å². The van der Waals surface area contributed by atoms with Gasteiger partial charge in [-0.05, 0) is 49.4 Å². The zero-order valence-corrected chi connectivity index (χ0v) is 18.0. The van der Waals surface area contributed by atoms with Crippen molar-refractivity contribution in [3.8, 4) is 11.6 Å². The second-order valence-electron chi connectivity index (χ2n) is 7.89. The van der Waals surface area contributed by atoms with Crippen LogP contribution in [-0.2, 0) is 0 Å². The predicted octanol–water partition coefficient (Wildman–Crippen LogP) is 5.44. The van der Waals surface area contributed by atoms with Gasteiger partial charge in [0.25, 0.3) is 0 Å². The van der Waals surface area contributed by atoms with E-state index in [0.717, 1.165) is 23.3 Å². The lowest BCUT2D eigenvalue weighted by Crippen LogP contribution is -2.42. The molecule has 2 aromatic heterocycles. The lowest BCUT2D eigenvalue weighted by molar-refractivity contribution is 0.197. The molecular formula is C24H26N4O3. The minimum absolute atomic E-state index is 0.127. The van der Waals surface area contributed by atoms with Gasteiger partial charge in [-0.3, -0.25) is 0 Å². The molecule has 0 saturated carbocycles. The van der Waals surface area contributed by atoms with Gasteiger partial charge in [-0.15, -0.1) is 0 Å². The normalized spacial score (nSPS) is 17.6. The Morgan fingerprint density at radius 1 is 1.26 bits per heavy atom. The third-order valence-corrected chi connectivity index (χ3v) is 5.39. The molecule has 0 radical (unpaired) electrons. The van der Waals surface area contributed by atoms with Crippen LogP contribution in [0.3, 0.4) is 0 Å². The first kappa shape index (κ1) is 20.7. The average molecular weight is 418 g/mol. The molecule has 1 saturated heterocycles. The summed E-state index contributed by atoms with van der Waals surface area (Å²) >= 11 is 0. The molecule has 4 rings (SSSR count). The molecule has 160 valence electrons. The number of pyridine rings is 1. The molecule has 1 atom stereocenters. The number of ether oxygens (including phenoxy) is 1. The Morgan fingerprint density at radius 2 is 2.13 bits per heavy atom. The molecule has 7 nitrogen and oxygen atoms in total. The Bertz CT molecular complexity index is 1090. The van der Waals surface area contributed by atoms with Gasteiger partial charge in [0.1, 0.15) is 11.4 Å². The van der Waals surface area contributed by atoms with Crippen molar-refractivity contribution in [1.29, 1.82) is 0 Å². The van der Waals surface area contributed by atoms with Crippen LogP contribution >= 0.6 is 0 Å². The van der Waals surface area contributed by atoms with Gasteiger partial charge >= 0.3 is 6.03 Å². The van der Waals surface area contributed by atoms with Gasteiger partial charge in [0.15, 0.2) is 5.76 Å². The maximum Gasteiger partial charge on any atom is 0.322 e. The molecule has 3 aromatic rings. The van der Waals surface area contributed by atoms with E-state index in [1.54, 1.807) is 13.1 Å². The summed E-state index contributed by atoms with van der Waals surface area (Å²) in [5.74, 6) is 2.18. The van der Waals surface area contributed by atoms with E-state index in [9.17, 15) is 4.79 Å². The van der Waals surface area contributed by atoms with E-state index in [2.05, 4.69) is 34.5 Å². The van der Waals surface area contributed by atoms with Gasteiger partial charge < -0.3 is 19.5 Å². The van der Waals surface area contributed by atoms with Crippen molar-refractivity contribution in [2.45, 2.75) is 27.2 Å². The number of nitrogens with zero attached hydrogens (tertiary/aromatic N) is 3. The van der Waals surface area contributed by atoms with Crippen molar-refractivity contribution in [3.63, 3.8) is 0 Å². The van der Waals surface area contributed by atoms with E-state index >= 15 is 0 Å². The highest BCUT2D eigenvalue weighted by atomic mass is 16.5. The first-order valence-electron chi connectivity index (χ1n) is 10.4. The van der Waals surface area contributed by atoms with Crippen LogP contribution in [0.5, 0.6) is 11.6 Å². The number of carbonyl (C=O) groups is 1. The van der Waals surface area contributed by atoms with Crippen LogP contribution in [0.2, 0.25) is 0 Å². The number of rotatable bonds is 4. The number of hydrogen-bond acceptors (Lipinski definition) is 5. The van der Waals surface area contributed by atoms with Crippen molar-refractivity contribution in [3.05, 3.63) is 71.3 Å². The van der Waals surface area contributed by atoms with Crippen LogP contribution in [0.25, 0.3) is 6.08 Å². The second kappa shape index (κ2) is 9.04. The number of carbonyl (C=O) groups excluding carboxylic acids is 1. The van der Waals surface area contributed by atoms with Gasteiger partial charge in [0, 0.05) is 25.4 Å². The van der Waals surface area contributed by atoms with Crippen LogP contribution < -0.4 is 10.1 Å². The van der Waals surface area contributed by atoms with Crippen LogP contribution in [0.4, 0.5) is 10.5 Å². The molecule has 1 aliphatic rings. The van der Waals surface area contributed by atoms with Crippen molar-refractivity contribution in [1.82, 2.24) is 15.0 Å². The highest BCUT2D eigenvalue weighted by molar-refractivity contribution is 5.89. The Kier molecular flexibility index (Phi) is 6.02. The summed E-state index contributed by atoms with van der Waals surface area (Å²) in [5.41, 5.74) is 4.09. The van der Waals surface area contributed by atoms with Gasteiger partial charge in [-0.2, -0.15) is 0 Å². The molecular weight excluding hydrogens is 392 g/mol. The Morgan fingerprint density at radius 3 is 2.84 bits per heavy atom. The molecule has 31 heavy (non-hydrogen) atoms. The quantitative estimate of drug-likeness (QED) is 0.610. The summed E-state index contributed by atoms with van der Waals surface area (Å²) in [6.07, 6.45) is 6.32. The molecule has 1 aromatic carbocycles. The maximum atomic E-state index is 12.6. The van der Waals surface area contributed by atoms with Crippen LogP contribution in [-0.4, -0.2) is 34.2 Å². The highest BCUT2D eigenvalue weighted by Crippen LogP contribution is 2.28. The van der Waals surface area contributed by atoms with E-state index in [-0.39, 0.29) is 11.9 Å². The maximum absolute atomic E-state index is 12.6. The fraction of sp³-hybridized carbons (Fsp3) is 0.292. The molecule has 1 aliphatic heterocycles. The van der Waals surface area contributed by atoms with Crippen LogP contribution in [0.1, 0.15) is 30.2 Å². The standard InChI is InChI=1S/C24H26N4O3/c1-16-7-8-23(25-13-16)30-21-6-4-5-19(12-21)11-20-9-10-28(15-17(20)2)24(29)27-22-14-26-31-18(22)3/h4-8,11-14,17H,9-10,15H2,1-3H3,(H,27,29). The number of anilines is 1. The van der Waals surface area contributed by atoms with Gasteiger partial charge in [-0.1, -0.05) is 41.9 Å². The molecule has 3 heterocycles. The molecule has 0 aliphatic carbocycles. The van der Waals surface area contributed by atoms with Crippen molar-refractivity contribution in [2.24, 2.45) is 5.92 Å². The van der Waals surface area contributed by atoms with E-state index < -0.39 is 0 Å². The van der Waals surface area contributed by atoms with Crippen LogP contribution in [0.15, 0.2) is 58.9 Å². The molecule has 2 amide bonds. The summed E-state index contributed by atoms with van der Waals surface area (Å²) in [4.78, 5) is 18.7. The molecule has 1 N–H and O–H groups in total. The largest absolute Gasteiger partial charge is 0.439 e. The number of amides is 2. The topological polar surface area (TPSA) is 80.5 Å². The third-order valence-electron chi connectivity index (χ3n) is 5.39. The van der Waals surface area contributed by atoms with Gasteiger partial charge in [0.2, 0.25) is 5.88 Å². The SMILES string of the molecule is Cc1ccc(Oc2cccc(C=C3CCN(C(=O)Nc4cnoc4C)CC3C)c2)nc1. The minimum atomic E-state index is -0.127. The number of aromatic nitrogens is 2. The monoisotopic (exact) mass is 418 g/mol. The molecule has 0 spiro atoms. The molecule has 0 bridgehead atoms. The number of piperidine rings is 1. The number of benzene rings is 1. The second-order valence-corrected chi connectivity index (χ2v) is 7.89. The number of urea groups is 1. The number of nitrogens with one attached hydrogen (secondary N) is 1. The summed E-state index contributed by atoms with van der Waals surface area (Å²) in [7, 11) is 0. The smallest absolute Gasteiger partial charge is 0.322 e. The number of likely N-dealkylation sites (tertiary alicyclic amines) is 1. The average Bonchev–Trinajstić information content (AvgIpc) is 3.16. The molecule has 1 fully saturated rings. The van der Waals surface area contributed by atoms with E-state index in [0.29, 0.717) is 30.4 Å². The predicted molar refractivity (Wildman–Crippen MR) is 119 cm³/mol. The fourth-order valence-corrected chi connectivity index (χ4v) is 3.58. The Hall–Kier alpha value is -3.61. The first-order chi connectivity index (χ1) is 15.0. The van der Waals surface area contributed by atoms with Crippen molar-refractivity contribution >= 4 is 17.8 Å². The Labute approximate surface area is 181 Å². The number of hydrogen-bond donors (Lipinski definition) is 1. The zero-order chi connectivity index (χ0) is 21.8. The van der Waals surface area contributed by atoms with E-state index in [4.69, 9.17) is 9.26 Å². The molecule has 1 unspecified atom stereocenters. The summed E-state index contributed by atoms with van der Waals surface area (Å²) in [6, 6.07) is 11.7. The third kappa shape index (κ3) is 5.12. The summed E-state index contributed by atoms with van der Waals surface area (Å²) in [6.45, 7) is 7.23. The van der Waals surface area contributed by atoms with Gasteiger partial charge in [0.05, 0.1) is 6.20 Å². The van der Waals surface area contributed by atoms with Crippen LogP contribution in [0, 0.1) is 19.8 Å². The lowest BCUT2D eigenvalue weighted by atomic mass is 9.91. The lowest BCUT2D eigenvalue weighted by Gasteiger charge is -2.33. The van der Waals surface area contributed by atoms with Crippen molar-refractivity contribution in [2.75, 3.05) is 18.4 Å². The fourth-order valence-electron chi connectivity index (χ4n) is 3.58. The zero-order valence-electron chi connectivity index (χ0n) is 18.0. The molecule has 7 heteroatoms. The summed E-state index contributed by atoms with van der Waals surface area (Å²) < 4.78 is 10.9. The highest BCUT2D eigenvalue weighted by Gasteiger charge is 2.25.